The normalized spacial score (nSPS) is 13.4. The van der Waals surface area contributed by atoms with E-state index in [0.717, 1.165) is 44.5 Å². The highest BCUT2D eigenvalue weighted by Gasteiger charge is 2.48. The van der Waals surface area contributed by atoms with Crippen molar-refractivity contribution in [1.82, 2.24) is 0 Å². The first-order valence-corrected chi connectivity index (χ1v) is 17.1. The molecule has 0 fully saturated rings. The van der Waals surface area contributed by atoms with Crippen molar-refractivity contribution >= 4 is 23.1 Å². The molecular weight excluding hydrogens is 583 g/mol. The molecule has 218 valence electrons. The van der Waals surface area contributed by atoms with E-state index in [-0.39, 0.29) is 0 Å². The van der Waals surface area contributed by atoms with Gasteiger partial charge in [0.15, 0.2) is 7.14 Å². The van der Waals surface area contributed by atoms with Crippen LogP contribution < -0.4 is 25.4 Å². The molecule has 0 saturated heterocycles. The standard InChI is InChI=1S/C42H27O3P/c43-46-38-23-21-32(28-13-5-1-6-14-28)25-36(38)44-40-34(30-17-9-3-10-18-30)27-35(31-19-11-4-12-20-31)41(42(40)46)45-37-26-33(22-24-39(37)46)29-15-7-2-8-16-29/h1-27H. The van der Waals surface area contributed by atoms with Crippen LogP contribution in [0, 0.1) is 0 Å². The van der Waals surface area contributed by atoms with Gasteiger partial charge in [0.2, 0.25) is 0 Å². The molecule has 0 aromatic heterocycles. The van der Waals surface area contributed by atoms with Crippen molar-refractivity contribution in [3.05, 3.63) is 164 Å². The summed E-state index contributed by atoms with van der Waals surface area (Å²) in [5, 5.41) is 1.98. The van der Waals surface area contributed by atoms with Gasteiger partial charge in [0, 0.05) is 11.1 Å². The highest BCUT2D eigenvalue weighted by molar-refractivity contribution is 7.86. The fourth-order valence-corrected chi connectivity index (χ4v) is 9.77. The smallest absolute Gasteiger partial charge is 0.185 e. The van der Waals surface area contributed by atoms with Gasteiger partial charge >= 0.3 is 0 Å². The Morgan fingerprint density at radius 1 is 0.370 bits per heavy atom. The van der Waals surface area contributed by atoms with E-state index in [1.807, 2.05) is 97.1 Å². The molecule has 0 radical (unpaired) electrons. The van der Waals surface area contributed by atoms with E-state index >= 15 is 4.57 Å². The molecule has 2 aliphatic rings. The highest BCUT2D eigenvalue weighted by atomic mass is 31.2. The van der Waals surface area contributed by atoms with Gasteiger partial charge in [0.1, 0.15) is 28.3 Å². The summed E-state index contributed by atoms with van der Waals surface area (Å²) in [7, 11) is -3.48. The molecule has 2 heterocycles. The maximum Gasteiger partial charge on any atom is 0.185 e. The zero-order valence-corrected chi connectivity index (χ0v) is 25.7. The molecule has 7 aromatic rings. The minimum Gasteiger partial charge on any atom is -0.455 e. The third-order valence-electron chi connectivity index (χ3n) is 8.93. The molecule has 0 amide bonds. The van der Waals surface area contributed by atoms with Crippen molar-refractivity contribution < 1.29 is 14.0 Å². The minimum atomic E-state index is -3.48. The van der Waals surface area contributed by atoms with Gasteiger partial charge in [-0.25, -0.2) is 0 Å². The summed E-state index contributed by atoms with van der Waals surface area (Å²) in [6, 6.07) is 55.0. The van der Waals surface area contributed by atoms with Gasteiger partial charge in [-0.1, -0.05) is 133 Å². The predicted molar refractivity (Wildman–Crippen MR) is 188 cm³/mol. The van der Waals surface area contributed by atoms with Gasteiger partial charge < -0.3 is 14.0 Å². The monoisotopic (exact) mass is 610 g/mol. The first-order valence-electron chi connectivity index (χ1n) is 15.4. The van der Waals surface area contributed by atoms with E-state index < -0.39 is 7.14 Å². The lowest BCUT2D eigenvalue weighted by atomic mass is 9.96. The number of hydrogen-bond donors (Lipinski definition) is 0. The summed E-state index contributed by atoms with van der Waals surface area (Å²) in [4.78, 5) is 0. The molecule has 46 heavy (non-hydrogen) atoms. The molecule has 7 aromatic carbocycles. The SMILES string of the molecule is O=P12c3ccc(-c4ccccc4)cc3Oc3c(-c4ccccc4)cc(-c4ccccc4)c(c31)Oc1cc(-c3ccccc3)ccc12. The molecule has 0 unspecified atom stereocenters. The van der Waals surface area contributed by atoms with Gasteiger partial charge in [-0.05, 0) is 63.7 Å². The highest BCUT2D eigenvalue weighted by Crippen LogP contribution is 2.62. The van der Waals surface area contributed by atoms with E-state index in [1.54, 1.807) is 0 Å². The molecule has 0 saturated carbocycles. The van der Waals surface area contributed by atoms with Crippen LogP contribution in [0.15, 0.2) is 164 Å². The van der Waals surface area contributed by atoms with Crippen molar-refractivity contribution in [3.8, 4) is 67.5 Å². The summed E-state index contributed by atoms with van der Waals surface area (Å²) in [5.41, 5.74) is 7.87. The van der Waals surface area contributed by atoms with Crippen LogP contribution >= 0.6 is 7.14 Å². The third-order valence-corrected chi connectivity index (χ3v) is 12.1. The summed E-state index contributed by atoms with van der Waals surface area (Å²) in [6.45, 7) is 0. The minimum absolute atomic E-state index is 0.583. The number of rotatable bonds is 4. The predicted octanol–water partition coefficient (Wildman–Crippen LogP) is 10.2. The fraction of sp³-hybridized carbons (Fsp3) is 0. The van der Waals surface area contributed by atoms with Crippen LogP contribution in [0.3, 0.4) is 0 Å². The Labute approximate surface area is 267 Å². The van der Waals surface area contributed by atoms with Gasteiger partial charge in [0.25, 0.3) is 0 Å². The lowest BCUT2D eigenvalue weighted by molar-refractivity contribution is 0.464. The van der Waals surface area contributed by atoms with Gasteiger partial charge in [-0.3, -0.25) is 0 Å². The van der Waals surface area contributed by atoms with Crippen LogP contribution in [-0.2, 0) is 4.57 Å². The molecule has 0 N–H and O–H groups in total. The van der Waals surface area contributed by atoms with Crippen molar-refractivity contribution in [2.75, 3.05) is 0 Å². The second-order valence-electron chi connectivity index (χ2n) is 11.6. The molecule has 2 aliphatic heterocycles. The van der Waals surface area contributed by atoms with Crippen LogP contribution in [0.4, 0.5) is 0 Å². The Hall–Kier alpha value is -5.63. The van der Waals surface area contributed by atoms with Gasteiger partial charge in [0.05, 0.1) is 10.6 Å². The maximum atomic E-state index is 16.2. The molecule has 0 aliphatic carbocycles. The van der Waals surface area contributed by atoms with Crippen molar-refractivity contribution in [1.29, 1.82) is 0 Å². The second kappa shape index (κ2) is 10.5. The van der Waals surface area contributed by atoms with Crippen LogP contribution in [0.5, 0.6) is 23.0 Å². The summed E-state index contributed by atoms with van der Waals surface area (Å²) >= 11 is 0. The van der Waals surface area contributed by atoms with E-state index in [0.29, 0.717) is 38.9 Å². The molecule has 9 rings (SSSR count). The van der Waals surface area contributed by atoms with Crippen LogP contribution in [0.2, 0.25) is 0 Å². The average Bonchev–Trinajstić information content (AvgIpc) is 3.13. The Morgan fingerprint density at radius 2 is 0.739 bits per heavy atom. The number of benzene rings is 7. The third kappa shape index (κ3) is 4.10. The van der Waals surface area contributed by atoms with E-state index in [1.165, 1.54) is 0 Å². The van der Waals surface area contributed by atoms with Crippen LogP contribution in [-0.4, -0.2) is 0 Å². The van der Waals surface area contributed by atoms with Gasteiger partial charge in [-0.2, -0.15) is 0 Å². The van der Waals surface area contributed by atoms with Crippen molar-refractivity contribution in [2.24, 2.45) is 0 Å². The quantitative estimate of drug-likeness (QED) is 0.186. The van der Waals surface area contributed by atoms with Crippen molar-refractivity contribution in [3.63, 3.8) is 0 Å². The average molecular weight is 611 g/mol. The molecule has 0 bridgehead atoms. The maximum absolute atomic E-state index is 16.2. The number of ether oxygens (including phenoxy) is 2. The topological polar surface area (TPSA) is 35.5 Å². The Kier molecular flexibility index (Phi) is 6.09. The summed E-state index contributed by atoms with van der Waals surface area (Å²) in [6.07, 6.45) is 0. The van der Waals surface area contributed by atoms with Crippen LogP contribution in [0.1, 0.15) is 0 Å². The van der Waals surface area contributed by atoms with E-state index in [4.69, 9.17) is 9.47 Å². The molecule has 3 nitrogen and oxygen atoms in total. The summed E-state index contributed by atoms with van der Waals surface area (Å²) in [5.74, 6) is 2.37. The van der Waals surface area contributed by atoms with Crippen LogP contribution in [0.25, 0.3) is 44.5 Å². The lowest BCUT2D eigenvalue weighted by Gasteiger charge is -2.37. The molecular formula is C42H27O3P. The van der Waals surface area contributed by atoms with Crippen molar-refractivity contribution in [2.45, 2.75) is 0 Å². The fourth-order valence-electron chi connectivity index (χ4n) is 6.71. The zero-order valence-electron chi connectivity index (χ0n) is 24.8. The Morgan fingerprint density at radius 3 is 1.13 bits per heavy atom. The molecule has 0 atom stereocenters. The zero-order chi connectivity index (χ0) is 30.7. The first kappa shape index (κ1) is 26.7. The molecule has 4 heteroatoms. The second-order valence-corrected chi connectivity index (χ2v) is 14.3. The Bertz CT molecular complexity index is 2160. The van der Waals surface area contributed by atoms with E-state index in [9.17, 15) is 0 Å². The molecule has 0 spiro atoms. The summed E-state index contributed by atoms with van der Waals surface area (Å²) < 4.78 is 30.0. The van der Waals surface area contributed by atoms with E-state index in [2.05, 4.69) is 66.7 Å². The first-order chi connectivity index (χ1) is 22.7. The lowest BCUT2D eigenvalue weighted by Crippen LogP contribution is -2.35. The number of hydrogen-bond acceptors (Lipinski definition) is 3. The number of fused-ring (bicyclic) bond motifs is 4. The van der Waals surface area contributed by atoms with Gasteiger partial charge in [-0.15, -0.1) is 0 Å². The Balaban J connectivity index is 1.37. The largest absolute Gasteiger partial charge is 0.455 e.